The van der Waals surface area contributed by atoms with E-state index in [0.717, 1.165) is 136 Å². The zero-order valence-electron chi connectivity index (χ0n) is 37.8. The summed E-state index contributed by atoms with van der Waals surface area (Å²) < 4.78 is 16.9. The second-order valence-electron chi connectivity index (χ2n) is 17.1. The van der Waals surface area contributed by atoms with Crippen molar-refractivity contribution in [2.75, 3.05) is 106 Å². The highest BCUT2D eigenvalue weighted by Gasteiger charge is 2.31. The number of nitrogens with zero attached hydrogens (tertiary/aromatic N) is 7. The zero-order valence-corrected chi connectivity index (χ0v) is 37.8. The Morgan fingerprint density at radius 2 is 1.20 bits per heavy atom. The highest BCUT2D eigenvalue weighted by molar-refractivity contribution is 5.90. The maximum Gasteiger partial charge on any atom is 0.319 e. The van der Waals surface area contributed by atoms with E-state index in [4.69, 9.17) is 34.1 Å². The molecule has 2 aromatic carbocycles. The van der Waals surface area contributed by atoms with Crippen LogP contribution in [0.3, 0.4) is 0 Å². The Balaban J connectivity index is 0.000000178. The molecule has 7 heterocycles. The van der Waals surface area contributed by atoms with E-state index in [1.165, 1.54) is 11.1 Å². The van der Waals surface area contributed by atoms with Crippen molar-refractivity contribution in [2.24, 2.45) is 5.92 Å². The van der Waals surface area contributed by atoms with Gasteiger partial charge in [0.15, 0.2) is 11.6 Å². The molecule has 1 unspecified atom stereocenters. The molecule has 4 aromatic rings. The molecule has 0 aliphatic carbocycles. The molecule has 0 radical (unpaired) electrons. The maximum atomic E-state index is 11.9. The van der Waals surface area contributed by atoms with E-state index in [1.807, 2.05) is 62.4 Å². The summed E-state index contributed by atoms with van der Waals surface area (Å²) in [6.45, 7) is 20.2. The van der Waals surface area contributed by atoms with E-state index in [0.29, 0.717) is 44.7 Å². The van der Waals surface area contributed by atoms with Crippen LogP contribution in [0.1, 0.15) is 56.6 Å². The number of aromatic nitrogens is 4. The van der Waals surface area contributed by atoms with Crippen LogP contribution in [0, 0.1) is 5.92 Å². The van der Waals surface area contributed by atoms with Crippen LogP contribution in [0.5, 0.6) is 0 Å². The number of rotatable bonds is 10. The molecule has 3 atom stereocenters. The van der Waals surface area contributed by atoms with Crippen molar-refractivity contribution in [2.45, 2.75) is 72.1 Å². The predicted molar refractivity (Wildman–Crippen MR) is 249 cm³/mol. The number of anilines is 4. The number of urea groups is 2. The van der Waals surface area contributed by atoms with Gasteiger partial charge in [0.1, 0.15) is 11.6 Å². The van der Waals surface area contributed by atoms with E-state index < -0.39 is 0 Å². The maximum absolute atomic E-state index is 11.9. The lowest BCUT2D eigenvalue weighted by atomic mass is 10.0. The van der Waals surface area contributed by atoms with Gasteiger partial charge in [-0.1, -0.05) is 0 Å². The highest BCUT2D eigenvalue weighted by Crippen LogP contribution is 2.33. The Morgan fingerprint density at radius 1 is 0.672 bits per heavy atom. The molecule has 3 fully saturated rings. The number of nitrogens with one attached hydrogen (secondary N) is 5. The Kier molecular flexibility index (Phi) is 15.1. The lowest BCUT2D eigenvalue weighted by molar-refractivity contribution is 0.0983. The Bertz CT molecular complexity index is 2200. The Labute approximate surface area is 376 Å². The Hall–Kier alpha value is -5.46. The minimum absolute atomic E-state index is 0.207. The first-order chi connectivity index (χ1) is 31.3. The van der Waals surface area contributed by atoms with Gasteiger partial charge in [-0.3, -0.25) is 4.90 Å². The van der Waals surface area contributed by atoms with Crippen LogP contribution in [0.4, 0.5) is 32.6 Å². The number of benzene rings is 2. The van der Waals surface area contributed by atoms with E-state index in [2.05, 4.69) is 55.1 Å². The molecule has 64 heavy (non-hydrogen) atoms. The average Bonchev–Trinajstić information content (AvgIpc) is 3.82. The van der Waals surface area contributed by atoms with Crippen molar-refractivity contribution < 1.29 is 23.8 Å². The fraction of sp³-hybridized carbons (Fsp3) is 0.532. The first-order valence-corrected chi connectivity index (χ1v) is 23.1. The number of amides is 4. The molecule has 342 valence electrons. The SMILES string of the molecule is CCNC(=O)Nc1ccc(-c2nc3c(c(N4CCOC[C@@H]4C)n2)CCN(CC2CCOC2)C3)cc1.CCNC(=O)Nc1ccc(-c2nc3c(c(N4CCOC[C@@H]4C)n2)CCNC3)cc1. The molecule has 0 bridgehead atoms. The second-order valence-corrected chi connectivity index (χ2v) is 17.1. The van der Waals surface area contributed by atoms with Gasteiger partial charge in [-0.05, 0) is 108 Å². The van der Waals surface area contributed by atoms with E-state index in [-0.39, 0.29) is 24.1 Å². The second kappa shape index (κ2) is 21.5. The summed E-state index contributed by atoms with van der Waals surface area (Å²) in [4.78, 5) is 50.8. The van der Waals surface area contributed by atoms with Gasteiger partial charge in [0.2, 0.25) is 0 Å². The molecule has 17 nitrogen and oxygen atoms in total. The normalized spacial score (nSPS) is 20.9. The van der Waals surface area contributed by atoms with Gasteiger partial charge in [0.05, 0.1) is 56.5 Å². The van der Waals surface area contributed by atoms with Gasteiger partial charge in [0, 0.05) is 92.6 Å². The van der Waals surface area contributed by atoms with Gasteiger partial charge in [-0.15, -0.1) is 0 Å². The minimum Gasteiger partial charge on any atom is -0.381 e. The molecular formula is C47H64N12O5. The van der Waals surface area contributed by atoms with Crippen LogP contribution in [0.15, 0.2) is 48.5 Å². The third kappa shape index (κ3) is 11.1. The summed E-state index contributed by atoms with van der Waals surface area (Å²) in [6, 6.07) is 15.6. The topological polar surface area (TPSA) is 183 Å². The molecule has 0 saturated carbocycles. The summed E-state index contributed by atoms with van der Waals surface area (Å²) in [5.74, 6) is 4.14. The molecule has 5 aliphatic heterocycles. The number of carbonyl (C=O) groups excluding carboxylic acids is 2. The molecule has 4 amide bonds. The zero-order chi connectivity index (χ0) is 44.4. The van der Waals surface area contributed by atoms with Crippen LogP contribution < -0.4 is 36.4 Å². The van der Waals surface area contributed by atoms with Crippen molar-refractivity contribution in [1.82, 2.24) is 40.8 Å². The van der Waals surface area contributed by atoms with Gasteiger partial charge >= 0.3 is 12.1 Å². The van der Waals surface area contributed by atoms with Crippen LogP contribution in [0.25, 0.3) is 22.8 Å². The summed E-state index contributed by atoms with van der Waals surface area (Å²) in [5.41, 5.74) is 8.07. The van der Waals surface area contributed by atoms with Crippen molar-refractivity contribution in [3.63, 3.8) is 0 Å². The van der Waals surface area contributed by atoms with Crippen molar-refractivity contribution in [3.8, 4) is 22.8 Å². The molecule has 5 aliphatic rings. The molecule has 9 rings (SSSR count). The number of carbonyl (C=O) groups is 2. The predicted octanol–water partition coefficient (Wildman–Crippen LogP) is 5.06. The lowest BCUT2D eigenvalue weighted by Gasteiger charge is -2.38. The number of fused-ring (bicyclic) bond motifs is 2. The smallest absolute Gasteiger partial charge is 0.319 e. The van der Waals surface area contributed by atoms with Gasteiger partial charge in [0.25, 0.3) is 0 Å². The number of hydrogen-bond donors (Lipinski definition) is 5. The van der Waals surface area contributed by atoms with Gasteiger partial charge in [-0.2, -0.15) is 0 Å². The molecule has 3 saturated heterocycles. The standard InChI is InChI=1S/C26H36N6O3.C21H28N6O2/c1-3-27-26(33)28-21-6-4-20(5-7-21)24-29-23-15-31(14-19-9-12-34-17-19)10-8-22(23)25(30-24)32-11-13-35-16-18(32)2;1-3-23-21(28)24-16-6-4-15(5-7-16)19-25-18-12-22-9-8-17(18)20(26-19)27-10-11-29-13-14(27)2/h4-7,18-19H,3,8-17H2,1-2H3,(H2,27,28,33);4-7,14,22H,3,8-13H2,1-2H3,(H2,23,24,28)/t18-,19?;14-/m00/s1. The first kappa shape index (κ1) is 45.1. The molecule has 2 aromatic heterocycles. The van der Waals surface area contributed by atoms with Crippen LogP contribution in [-0.4, -0.2) is 134 Å². The third-order valence-corrected chi connectivity index (χ3v) is 12.3. The van der Waals surface area contributed by atoms with Crippen molar-refractivity contribution in [1.29, 1.82) is 0 Å². The number of hydrogen-bond acceptors (Lipinski definition) is 13. The quantitative estimate of drug-likeness (QED) is 0.143. The minimum atomic E-state index is -0.208. The number of ether oxygens (including phenoxy) is 3. The van der Waals surface area contributed by atoms with E-state index >= 15 is 0 Å². The van der Waals surface area contributed by atoms with Gasteiger partial charge < -0.3 is 50.6 Å². The van der Waals surface area contributed by atoms with Crippen LogP contribution in [0.2, 0.25) is 0 Å². The largest absolute Gasteiger partial charge is 0.381 e. The summed E-state index contributed by atoms with van der Waals surface area (Å²) in [5, 5.41) is 14.6. The molecule has 17 heteroatoms. The fourth-order valence-corrected chi connectivity index (χ4v) is 8.95. The Morgan fingerprint density at radius 3 is 1.72 bits per heavy atom. The first-order valence-electron chi connectivity index (χ1n) is 23.1. The summed E-state index contributed by atoms with van der Waals surface area (Å²) >= 11 is 0. The summed E-state index contributed by atoms with van der Waals surface area (Å²) in [6.07, 6.45) is 3.04. The fourth-order valence-electron chi connectivity index (χ4n) is 8.95. The summed E-state index contributed by atoms with van der Waals surface area (Å²) in [7, 11) is 0. The van der Waals surface area contributed by atoms with Crippen molar-refractivity contribution >= 4 is 35.1 Å². The molecule has 0 spiro atoms. The number of morpholine rings is 2. The van der Waals surface area contributed by atoms with Crippen molar-refractivity contribution in [3.05, 3.63) is 71.0 Å². The lowest BCUT2D eigenvalue weighted by Crippen LogP contribution is -2.45. The average molecular weight is 877 g/mol. The van der Waals surface area contributed by atoms with Crippen LogP contribution >= 0.6 is 0 Å². The third-order valence-electron chi connectivity index (χ3n) is 12.3. The highest BCUT2D eigenvalue weighted by atomic mass is 16.5. The van der Waals surface area contributed by atoms with E-state index in [9.17, 15) is 9.59 Å². The van der Waals surface area contributed by atoms with Gasteiger partial charge in [-0.25, -0.2) is 29.5 Å². The molecule has 5 N–H and O–H groups in total. The molecular weight excluding hydrogens is 813 g/mol. The van der Waals surface area contributed by atoms with Crippen LogP contribution in [-0.2, 0) is 40.1 Å². The van der Waals surface area contributed by atoms with E-state index in [1.54, 1.807) is 0 Å². The monoisotopic (exact) mass is 877 g/mol.